The zero-order valence-electron chi connectivity index (χ0n) is 6.60. The Morgan fingerprint density at radius 2 is 2.25 bits per heavy atom. The molecule has 0 saturated carbocycles. The van der Waals surface area contributed by atoms with Gasteiger partial charge in [0.05, 0.1) is 5.69 Å². The van der Waals surface area contributed by atoms with Gasteiger partial charge in [-0.25, -0.2) is 4.39 Å². The molecule has 0 aliphatic heterocycles. The summed E-state index contributed by atoms with van der Waals surface area (Å²) in [5.74, 6) is -0.339. The van der Waals surface area contributed by atoms with Crippen molar-refractivity contribution in [2.24, 2.45) is 0 Å². The molecule has 4 heteroatoms. The summed E-state index contributed by atoms with van der Waals surface area (Å²) < 4.78 is 12.8. The van der Waals surface area contributed by atoms with Crippen LogP contribution in [0.2, 0.25) is 0 Å². The Bertz CT molecular complexity index is 288. The average molecular weight is 168 g/mol. The number of nitrogens with one attached hydrogen (secondary N) is 2. The molecule has 0 unspecified atom stereocenters. The van der Waals surface area contributed by atoms with E-state index in [1.807, 2.05) is 0 Å². The molecule has 0 spiro atoms. The second-order valence-corrected chi connectivity index (χ2v) is 2.21. The lowest BCUT2D eigenvalue weighted by Crippen LogP contribution is -1.97. The van der Waals surface area contributed by atoms with Crippen molar-refractivity contribution in [3.05, 3.63) is 24.0 Å². The number of hydrogen-bond acceptors (Lipinski definition) is 2. The lowest BCUT2D eigenvalue weighted by Gasteiger charge is -2.04. The SMILES string of the molecule is CNc1cc(NC=O)ccc1F. The number of carbonyl (C=O) groups excluding carboxylic acids is 1. The van der Waals surface area contributed by atoms with Crippen LogP contribution in [0.5, 0.6) is 0 Å². The van der Waals surface area contributed by atoms with E-state index in [9.17, 15) is 9.18 Å². The van der Waals surface area contributed by atoms with Crippen LogP contribution in [0.25, 0.3) is 0 Å². The van der Waals surface area contributed by atoms with Gasteiger partial charge >= 0.3 is 0 Å². The van der Waals surface area contributed by atoms with E-state index in [2.05, 4.69) is 10.6 Å². The molecule has 0 aliphatic carbocycles. The van der Waals surface area contributed by atoms with Gasteiger partial charge < -0.3 is 10.6 Å². The van der Waals surface area contributed by atoms with Crippen molar-refractivity contribution in [1.82, 2.24) is 0 Å². The monoisotopic (exact) mass is 168 g/mol. The number of carbonyl (C=O) groups is 1. The van der Waals surface area contributed by atoms with Crippen LogP contribution in [0.1, 0.15) is 0 Å². The Morgan fingerprint density at radius 1 is 1.50 bits per heavy atom. The van der Waals surface area contributed by atoms with E-state index in [-0.39, 0.29) is 5.82 Å². The molecule has 1 rings (SSSR count). The van der Waals surface area contributed by atoms with Gasteiger partial charge in [-0.15, -0.1) is 0 Å². The molecule has 0 fully saturated rings. The molecule has 1 aromatic rings. The summed E-state index contributed by atoms with van der Waals surface area (Å²) in [4.78, 5) is 10.0. The van der Waals surface area contributed by atoms with Gasteiger partial charge in [0.2, 0.25) is 6.41 Å². The molecule has 1 aromatic carbocycles. The molecular formula is C8H9FN2O. The van der Waals surface area contributed by atoms with Gasteiger partial charge in [-0.2, -0.15) is 0 Å². The smallest absolute Gasteiger partial charge is 0.211 e. The molecule has 0 aromatic heterocycles. The van der Waals surface area contributed by atoms with Gasteiger partial charge in [-0.1, -0.05) is 0 Å². The Morgan fingerprint density at radius 3 is 2.83 bits per heavy atom. The van der Waals surface area contributed by atoms with Gasteiger partial charge in [0.25, 0.3) is 0 Å². The Labute approximate surface area is 69.6 Å². The number of hydrogen-bond donors (Lipinski definition) is 2. The highest BCUT2D eigenvalue weighted by Gasteiger charge is 1.99. The summed E-state index contributed by atoms with van der Waals surface area (Å²) in [5.41, 5.74) is 0.928. The third kappa shape index (κ3) is 1.72. The largest absolute Gasteiger partial charge is 0.386 e. The zero-order chi connectivity index (χ0) is 8.97. The van der Waals surface area contributed by atoms with Crippen molar-refractivity contribution in [2.75, 3.05) is 17.7 Å². The van der Waals surface area contributed by atoms with Gasteiger partial charge in [0.15, 0.2) is 0 Å². The molecule has 0 bridgehead atoms. The molecule has 3 nitrogen and oxygen atoms in total. The van der Waals surface area contributed by atoms with Crippen LogP contribution in [-0.4, -0.2) is 13.5 Å². The second kappa shape index (κ2) is 3.71. The maximum atomic E-state index is 12.8. The number of halogens is 1. The van der Waals surface area contributed by atoms with Crippen LogP contribution < -0.4 is 10.6 Å². The predicted octanol–water partition coefficient (Wildman–Crippen LogP) is 1.44. The van der Waals surface area contributed by atoms with Crippen LogP contribution in [0.15, 0.2) is 18.2 Å². The van der Waals surface area contributed by atoms with Crippen LogP contribution >= 0.6 is 0 Å². The summed E-state index contributed by atoms with van der Waals surface area (Å²) in [5, 5.41) is 5.09. The maximum absolute atomic E-state index is 12.8. The predicted molar refractivity (Wildman–Crippen MR) is 45.6 cm³/mol. The Kier molecular flexibility index (Phi) is 2.63. The highest BCUT2D eigenvalue weighted by molar-refractivity contribution is 5.73. The fourth-order valence-corrected chi connectivity index (χ4v) is 0.875. The molecule has 64 valence electrons. The van der Waals surface area contributed by atoms with Crippen LogP contribution in [0.3, 0.4) is 0 Å². The van der Waals surface area contributed by atoms with Crippen LogP contribution in [0.4, 0.5) is 15.8 Å². The van der Waals surface area contributed by atoms with Gasteiger partial charge in [0, 0.05) is 12.7 Å². The number of amides is 1. The molecule has 12 heavy (non-hydrogen) atoms. The molecule has 0 radical (unpaired) electrons. The van der Waals surface area contributed by atoms with Crippen LogP contribution in [0, 0.1) is 5.82 Å². The van der Waals surface area contributed by atoms with Gasteiger partial charge in [0.1, 0.15) is 5.82 Å². The normalized spacial score (nSPS) is 9.17. The highest BCUT2D eigenvalue weighted by Crippen LogP contribution is 2.18. The summed E-state index contributed by atoms with van der Waals surface area (Å²) in [7, 11) is 1.61. The highest BCUT2D eigenvalue weighted by atomic mass is 19.1. The quantitative estimate of drug-likeness (QED) is 0.670. The maximum Gasteiger partial charge on any atom is 0.211 e. The fraction of sp³-hybridized carbons (Fsp3) is 0.125. The van der Waals surface area contributed by atoms with Crippen molar-refractivity contribution < 1.29 is 9.18 Å². The minimum Gasteiger partial charge on any atom is -0.386 e. The molecule has 2 N–H and O–H groups in total. The van der Waals surface area contributed by atoms with E-state index in [1.165, 1.54) is 18.2 Å². The first-order chi connectivity index (χ1) is 5.77. The van der Waals surface area contributed by atoms with Gasteiger partial charge in [-0.3, -0.25) is 4.79 Å². The number of anilines is 2. The zero-order valence-corrected chi connectivity index (χ0v) is 6.60. The van der Waals surface area contributed by atoms with E-state index in [0.29, 0.717) is 17.8 Å². The van der Waals surface area contributed by atoms with E-state index in [0.717, 1.165) is 0 Å². The third-order valence-corrected chi connectivity index (χ3v) is 1.46. The first-order valence-corrected chi connectivity index (χ1v) is 3.45. The van der Waals surface area contributed by atoms with Gasteiger partial charge in [-0.05, 0) is 18.2 Å². The number of benzene rings is 1. The van der Waals surface area contributed by atoms with Crippen molar-refractivity contribution >= 4 is 17.8 Å². The molecule has 0 aliphatic rings. The molecule has 0 atom stereocenters. The number of rotatable bonds is 3. The minimum absolute atomic E-state index is 0.339. The third-order valence-electron chi connectivity index (χ3n) is 1.46. The summed E-state index contributed by atoms with van der Waals surface area (Å²) in [6, 6.07) is 4.30. The second-order valence-electron chi connectivity index (χ2n) is 2.21. The molecule has 0 saturated heterocycles. The summed E-state index contributed by atoms with van der Waals surface area (Å²) in [6.45, 7) is 0. The fourth-order valence-electron chi connectivity index (χ4n) is 0.875. The van der Waals surface area contributed by atoms with E-state index < -0.39 is 0 Å². The topological polar surface area (TPSA) is 41.1 Å². The Balaban J connectivity index is 2.96. The summed E-state index contributed by atoms with van der Waals surface area (Å²) >= 11 is 0. The standard InChI is InChI=1S/C8H9FN2O/c1-10-8-4-6(11-5-12)2-3-7(8)9/h2-5,10H,1H3,(H,11,12). The average Bonchev–Trinajstić information content (AvgIpc) is 2.09. The Hall–Kier alpha value is -1.58. The first-order valence-electron chi connectivity index (χ1n) is 3.45. The molecule has 1 amide bonds. The van der Waals surface area contributed by atoms with E-state index in [4.69, 9.17) is 0 Å². The van der Waals surface area contributed by atoms with Crippen molar-refractivity contribution in [3.63, 3.8) is 0 Å². The molecule has 0 heterocycles. The van der Waals surface area contributed by atoms with Crippen molar-refractivity contribution in [3.8, 4) is 0 Å². The lowest BCUT2D eigenvalue weighted by atomic mass is 10.2. The van der Waals surface area contributed by atoms with Crippen LogP contribution in [-0.2, 0) is 4.79 Å². The molecular weight excluding hydrogens is 159 g/mol. The first kappa shape index (κ1) is 8.52. The van der Waals surface area contributed by atoms with Crippen molar-refractivity contribution in [1.29, 1.82) is 0 Å². The van der Waals surface area contributed by atoms with E-state index in [1.54, 1.807) is 7.05 Å². The van der Waals surface area contributed by atoms with Crippen molar-refractivity contribution in [2.45, 2.75) is 0 Å². The minimum atomic E-state index is -0.339. The summed E-state index contributed by atoms with van der Waals surface area (Å²) in [6.07, 6.45) is 0.548. The lowest BCUT2D eigenvalue weighted by molar-refractivity contribution is -0.105. The van der Waals surface area contributed by atoms with E-state index >= 15 is 0 Å².